The number of likely N-dealkylation sites (tertiary alicyclic amines) is 1. The van der Waals surface area contributed by atoms with Crippen LogP contribution >= 0.6 is 0 Å². The van der Waals surface area contributed by atoms with Gasteiger partial charge in [0.15, 0.2) is 0 Å². The summed E-state index contributed by atoms with van der Waals surface area (Å²) in [5, 5.41) is 3.06. The lowest BCUT2D eigenvalue weighted by molar-refractivity contribution is -0.135. The van der Waals surface area contributed by atoms with Gasteiger partial charge in [-0.25, -0.2) is 0 Å². The lowest BCUT2D eigenvalue weighted by Crippen LogP contribution is -2.55. The predicted molar refractivity (Wildman–Crippen MR) is 114 cm³/mol. The highest BCUT2D eigenvalue weighted by molar-refractivity contribution is 5.93. The van der Waals surface area contributed by atoms with Crippen molar-refractivity contribution in [2.24, 2.45) is 5.92 Å². The van der Waals surface area contributed by atoms with Crippen molar-refractivity contribution < 1.29 is 14.3 Å². The van der Waals surface area contributed by atoms with E-state index in [0.29, 0.717) is 30.1 Å². The number of hydrogen-bond acceptors (Lipinski definition) is 5. The second-order valence-corrected chi connectivity index (χ2v) is 8.88. The fourth-order valence-electron chi connectivity index (χ4n) is 4.70. The number of carbonyl (C=O) groups is 2. The Hall–Kier alpha value is -1.99. The van der Waals surface area contributed by atoms with Crippen LogP contribution in [0.5, 0.6) is 0 Å². The molecule has 2 aliphatic heterocycles. The van der Waals surface area contributed by atoms with E-state index in [-0.39, 0.29) is 11.8 Å². The van der Waals surface area contributed by atoms with E-state index in [1.807, 2.05) is 19.1 Å². The highest BCUT2D eigenvalue weighted by atomic mass is 16.5. The van der Waals surface area contributed by atoms with Crippen LogP contribution in [-0.4, -0.2) is 78.1 Å². The van der Waals surface area contributed by atoms with Gasteiger partial charge >= 0.3 is 0 Å². The number of nitrogens with one attached hydrogen (secondary N) is 1. The molecule has 3 fully saturated rings. The minimum atomic E-state index is -0.0800. The van der Waals surface area contributed by atoms with Crippen LogP contribution in [0.15, 0.2) is 18.3 Å². The van der Waals surface area contributed by atoms with Gasteiger partial charge in [0.05, 0.1) is 5.56 Å². The molecule has 164 valence electrons. The van der Waals surface area contributed by atoms with Crippen LogP contribution in [0, 0.1) is 12.8 Å². The molecule has 1 aliphatic carbocycles. The molecular formula is C23H34N4O3. The molecule has 2 amide bonds. The number of hydrogen-bond donors (Lipinski definition) is 1. The first-order chi connectivity index (χ1) is 14.6. The lowest BCUT2D eigenvalue weighted by Gasteiger charge is -2.44. The molecule has 2 saturated heterocycles. The van der Waals surface area contributed by atoms with Gasteiger partial charge in [0.1, 0.15) is 0 Å². The summed E-state index contributed by atoms with van der Waals surface area (Å²) in [6, 6.07) is 4.49. The maximum Gasteiger partial charge on any atom is 0.252 e. The van der Waals surface area contributed by atoms with Crippen molar-refractivity contribution in [3.63, 3.8) is 0 Å². The molecule has 0 spiro atoms. The molecule has 4 rings (SSSR count). The standard InChI is InChI=1S/C23H34N4O3/c1-17-4-5-19(15-25-17)22(28)24-10-12-27(20-8-13-30-14-9-20)21-3-2-11-26(16-21)23(29)18-6-7-18/h4-5,15,18,20-21H,2-3,6-14,16H2,1H3,(H,24,28). The number of amides is 2. The average molecular weight is 415 g/mol. The van der Waals surface area contributed by atoms with Crippen LogP contribution in [0.3, 0.4) is 0 Å². The van der Waals surface area contributed by atoms with E-state index in [1.54, 1.807) is 6.20 Å². The third kappa shape index (κ3) is 5.38. The highest BCUT2D eigenvalue weighted by Gasteiger charge is 2.37. The van der Waals surface area contributed by atoms with Crippen molar-refractivity contribution in [2.75, 3.05) is 39.4 Å². The molecule has 0 bridgehead atoms. The quantitative estimate of drug-likeness (QED) is 0.739. The Morgan fingerprint density at radius 1 is 1.17 bits per heavy atom. The molecule has 30 heavy (non-hydrogen) atoms. The van der Waals surface area contributed by atoms with Crippen molar-refractivity contribution in [1.29, 1.82) is 0 Å². The molecule has 1 saturated carbocycles. The second kappa shape index (κ2) is 9.88. The van der Waals surface area contributed by atoms with Gasteiger partial charge in [0.2, 0.25) is 5.91 Å². The van der Waals surface area contributed by atoms with E-state index in [0.717, 1.165) is 77.1 Å². The first-order valence-electron chi connectivity index (χ1n) is 11.4. The van der Waals surface area contributed by atoms with E-state index in [1.165, 1.54) is 0 Å². The Morgan fingerprint density at radius 2 is 1.97 bits per heavy atom. The van der Waals surface area contributed by atoms with Gasteiger partial charge in [0, 0.05) is 69.3 Å². The minimum Gasteiger partial charge on any atom is -0.381 e. The number of aromatic nitrogens is 1. The summed E-state index contributed by atoms with van der Waals surface area (Å²) in [5.74, 6) is 0.554. The smallest absolute Gasteiger partial charge is 0.252 e. The normalized spacial score (nSPS) is 22.9. The maximum atomic E-state index is 12.6. The van der Waals surface area contributed by atoms with E-state index in [4.69, 9.17) is 4.74 Å². The number of piperidine rings is 1. The number of carbonyl (C=O) groups excluding carboxylic acids is 2. The van der Waals surface area contributed by atoms with Crippen molar-refractivity contribution in [1.82, 2.24) is 20.1 Å². The molecule has 1 aromatic heterocycles. The molecule has 1 atom stereocenters. The number of pyridine rings is 1. The number of aryl methyl sites for hydroxylation is 1. The minimum absolute atomic E-state index is 0.0800. The SMILES string of the molecule is Cc1ccc(C(=O)NCCN(C2CCOCC2)C2CCCN(C(=O)C3CC3)C2)cn1. The van der Waals surface area contributed by atoms with Crippen LogP contribution < -0.4 is 5.32 Å². The Kier molecular flexibility index (Phi) is 7.00. The van der Waals surface area contributed by atoms with Gasteiger partial charge in [-0.05, 0) is 57.6 Å². The Labute approximate surface area is 179 Å². The summed E-state index contributed by atoms with van der Waals surface area (Å²) in [7, 11) is 0. The van der Waals surface area contributed by atoms with Crippen LogP contribution in [0.2, 0.25) is 0 Å². The predicted octanol–water partition coefficient (Wildman–Crippen LogP) is 2.00. The van der Waals surface area contributed by atoms with Crippen LogP contribution in [0.4, 0.5) is 0 Å². The van der Waals surface area contributed by atoms with Gasteiger partial charge < -0.3 is 15.0 Å². The van der Waals surface area contributed by atoms with Crippen LogP contribution in [0.25, 0.3) is 0 Å². The molecule has 3 heterocycles. The maximum absolute atomic E-state index is 12.6. The molecule has 7 heteroatoms. The number of ether oxygens (including phenoxy) is 1. The average Bonchev–Trinajstić information content (AvgIpc) is 3.63. The molecule has 0 radical (unpaired) electrons. The highest BCUT2D eigenvalue weighted by Crippen LogP contribution is 2.32. The molecule has 1 N–H and O–H groups in total. The molecule has 1 unspecified atom stereocenters. The van der Waals surface area contributed by atoms with Gasteiger partial charge in [-0.1, -0.05) is 0 Å². The second-order valence-electron chi connectivity index (χ2n) is 8.88. The topological polar surface area (TPSA) is 74.8 Å². The van der Waals surface area contributed by atoms with Gasteiger partial charge in [-0.2, -0.15) is 0 Å². The molecule has 1 aromatic rings. The fraction of sp³-hybridized carbons (Fsp3) is 0.696. The third-order valence-corrected chi connectivity index (χ3v) is 6.59. The van der Waals surface area contributed by atoms with Crippen LogP contribution in [0.1, 0.15) is 54.6 Å². The molecular weight excluding hydrogens is 380 g/mol. The third-order valence-electron chi connectivity index (χ3n) is 6.59. The van der Waals surface area contributed by atoms with Gasteiger partial charge in [-0.3, -0.25) is 19.5 Å². The summed E-state index contributed by atoms with van der Waals surface area (Å²) >= 11 is 0. The van der Waals surface area contributed by atoms with Crippen molar-refractivity contribution in [3.8, 4) is 0 Å². The Bertz CT molecular complexity index is 728. The summed E-state index contributed by atoms with van der Waals surface area (Å²) in [6.45, 7) is 6.60. The monoisotopic (exact) mass is 414 g/mol. The Balaban J connectivity index is 1.36. The lowest BCUT2D eigenvalue weighted by atomic mass is 9.98. The van der Waals surface area contributed by atoms with E-state index >= 15 is 0 Å². The van der Waals surface area contributed by atoms with E-state index in [9.17, 15) is 9.59 Å². The Morgan fingerprint density at radius 3 is 2.67 bits per heavy atom. The van der Waals surface area contributed by atoms with Crippen molar-refractivity contribution >= 4 is 11.8 Å². The number of nitrogens with zero attached hydrogens (tertiary/aromatic N) is 3. The summed E-state index contributed by atoms with van der Waals surface area (Å²) < 4.78 is 5.58. The van der Waals surface area contributed by atoms with E-state index in [2.05, 4.69) is 20.1 Å². The molecule has 0 aromatic carbocycles. The van der Waals surface area contributed by atoms with E-state index < -0.39 is 0 Å². The van der Waals surface area contributed by atoms with Crippen LogP contribution in [-0.2, 0) is 9.53 Å². The largest absolute Gasteiger partial charge is 0.381 e. The first kappa shape index (κ1) is 21.2. The fourth-order valence-corrected chi connectivity index (χ4v) is 4.70. The zero-order chi connectivity index (χ0) is 20.9. The molecule has 3 aliphatic rings. The zero-order valence-electron chi connectivity index (χ0n) is 18.0. The number of rotatable bonds is 7. The van der Waals surface area contributed by atoms with Crippen molar-refractivity contribution in [2.45, 2.75) is 57.5 Å². The first-order valence-corrected chi connectivity index (χ1v) is 11.4. The van der Waals surface area contributed by atoms with Crippen molar-refractivity contribution in [3.05, 3.63) is 29.6 Å². The van der Waals surface area contributed by atoms with Gasteiger partial charge in [-0.15, -0.1) is 0 Å². The van der Waals surface area contributed by atoms with Gasteiger partial charge in [0.25, 0.3) is 5.91 Å². The molecule has 7 nitrogen and oxygen atoms in total. The summed E-state index contributed by atoms with van der Waals surface area (Å²) in [4.78, 5) is 33.9. The summed E-state index contributed by atoms with van der Waals surface area (Å²) in [5.41, 5.74) is 1.50. The summed E-state index contributed by atoms with van der Waals surface area (Å²) in [6.07, 6.45) is 7.95. The zero-order valence-corrected chi connectivity index (χ0v) is 18.0.